The quantitative estimate of drug-likeness (QED) is 0.0533. The molecular formula is C56H63N3O16S. The second kappa shape index (κ2) is 22.0. The molecule has 0 radical (unpaired) electrons. The third-order valence-electron chi connectivity index (χ3n) is 16.1. The molecule has 5 N–H and O–H groups in total. The number of nitrogens with zero attached hydrogens (tertiary/aromatic N) is 1. The lowest BCUT2D eigenvalue weighted by Crippen LogP contribution is -2.82. The van der Waals surface area contributed by atoms with Crippen molar-refractivity contribution in [3.8, 4) is 6.07 Å². The molecule has 2 amide bonds. The molecule has 2 bridgehead atoms. The first-order valence-electron chi connectivity index (χ1n) is 24.8. The van der Waals surface area contributed by atoms with Gasteiger partial charge in [-0.2, -0.15) is 17.9 Å². The van der Waals surface area contributed by atoms with E-state index in [4.69, 9.17) is 34.2 Å². The van der Waals surface area contributed by atoms with Gasteiger partial charge in [0.1, 0.15) is 30.0 Å². The van der Waals surface area contributed by atoms with Crippen LogP contribution < -0.4 is 11.1 Å². The van der Waals surface area contributed by atoms with E-state index in [0.717, 1.165) is 13.8 Å². The molecule has 2 unspecified atom stereocenters. The monoisotopic (exact) mass is 1070 g/mol. The van der Waals surface area contributed by atoms with Crippen LogP contribution in [0.5, 0.6) is 0 Å². The van der Waals surface area contributed by atoms with Gasteiger partial charge in [0, 0.05) is 49.8 Å². The molecular weight excluding hydrogens is 1000 g/mol. The highest BCUT2D eigenvalue weighted by Crippen LogP contribution is 2.64. The Morgan fingerprint density at radius 2 is 1.50 bits per heavy atom. The van der Waals surface area contributed by atoms with E-state index in [0.29, 0.717) is 0 Å². The Kier molecular flexibility index (Phi) is 16.4. The molecule has 3 aliphatic carbocycles. The first-order valence-corrected chi connectivity index (χ1v) is 25.5. The Morgan fingerprint density at radius 3 is 2.03 bits per heavy atom. The Bertz CT molecular complexity index is 2840. The molecule has 20 heteroatoms. The second-order valence-corrected chi connectivity index (χ2v) is 21.4. The Hall–Kier alpha value is -6.92. The summed E-state index contributed by atoms with van der Waals surface area (Å²) in [5, 5.41) is 39.3. The van der Waals surface area contributed by atoms with Crippen LogP contribution in [0.2, 0.25) is 0 Å². The number of carbonyl (C=O) groups excluding carboxylic acids is 8. The fourth-order valence-electron chi connectivity index (χ4n) is 11.8. The van der Waals surface area contributed by atoms with E-state index in [1.165, 1.54) is 58.9 Å². The topological polar surface area (TPSA) is 294 Å². The summed E-state index contributed by atoms with van der Waals surface area (Å²) >= 11 is 4.21. The van der Waals surface area contributed by atoms with Crippen LogP contribution in [0.15, 0.2) is 102 Å². The molecule has 1 aliphatic heterocycles. The molecule has 4 aliphatic rings. The van der Waals surface area contributed by atoms with E-state index in [1.807, 2.05) is 0 Å². The van der Waals surface area contributed by atoms with Gasteiger partial charge in [-0.1, -0.05) is 80.6 Å². The van der Waals surface area contributed by atoms with E-state index in [-0.39, 0.29) is 53.0 Å². The molecule has 0 spiro atoms. The highest BCUT2D eigenvalue weighted by atomic mass is 32.1. The molecule has 1 heterocycles. The molecule has 3 fully saturated rings. The predicted molar refractivity (Wildman–Crippen MR) is 271 cm³/mol. The van der Waals surface area contributed by atoms with Crippen molar-refractivity contribution in [2.45, 2.75) is 128 Å². The van der Waals surface area contributed by atoms with E-state index >= 15 is 9.59 Å². The van der Waals surface area contributed by atoms with Crippen LogP contribution in [0.1, 0.15) is 106 Å². The van der Waals surface area contributed by atoms with Crippen molar-refractivity contribution in [2.75, 3.05) is 12.4 Å². The number of amides is 2. The third-order valence-corrected chi connectivity index (χ3v) is 16.5. The highest BCUT2D eigenvalue weighted by molar-refractivity contribution is 7.80. The van der Waals surface area contributed by atoms with Crippen LogP contribution in [0.25, 0.3) is 0 Å². The fraction of sp³-hybridized carbons (Fsp3) is 0.482. The number of carbonyl (C=O) groups is 8. The lowest BCUT2D eigenvalue weighted by molar-refractivity contribution is -0.346. The van der Waals surface area contributed by atoms with Crippen molar-refractivity contribution in [1.82, 2.24) is 5.32 Å². The van der Waals surface area contributed by atoms with Crippen molar-refractivity contribution in [2.24, 2.45) is 33.8 Å². The Morgan fingerprint density at radius 1 is 0.908 bits per heavy atom. The SMILES string of the molecule is CC(=O)O[C@H]1C(=O)[C@@]2(C)[C@H]([C@H](OC(=O)c3ccccc3)[C@]3(O)C[C@H](OC(=O)[C@H](OC(=O)CCC(C)(C#N)C(CS)C(N)=O)[C@@H](NC(=O)c4ccccc4)c4ccccc4)C(C)=C1C3(C)C)[C@]1(OC(C)=O)CO[C@@H]1C[C@@H]2O. The molecule has 13 atom stereocenters. The molecule has 0 aromatic heterocycles. The van der Waals surface area contributed by atoms with Gasteiger partial charge in [-0.25, -0.2) is 9.59 Å². The summed E-state index contributed by atoms with van der Waals surface area (Å²) < 4.78 is 36.9. The maximum atomic E-state index is 15.8. The smallest absolute Gasteiger partial charge is 0.350 e. The zero-order valence-electron chi connectivity index (χ0n) is 43.2. The number of ketones is 1. The number of nitrogens with one attached hydrogen (secondary N) is 1. The lowest BCUT2D eigenvalue weighted by Gasteiger charge is -2.67. The van der Waals surface area contributed by atoms with Crippen molar-refractivity contribution in [3.63, 3.8) is 0 Å². The maximum Gasteiger partial charge on any atom is 0.350 e. The van der Waals surface area contributed by atoms with Crippen LogP contribution in [0, 0.1) is 39.4 Å². The number of fused-ring (bicyclic) bond motifs is 5. The van der Waals surface area contributed by atoms with E-state index in [1.54, 1.807) is 66.7 Å². The van der Waals surface area contributed by atoms with Gasteiger partial charge in [-0.05, 0) is 68.2 Å². The standard InChI is InChI=1S/C56H63N3O16S/c1-30-37(72-51(68)44(73-40(63)23-24-53(6,28-57)36(27-76)48(58)65)42(33-17-11-8-12-18-33)59-49(66)34-19-13-9-14-20-34)26-56(69)47(74-50(67)35-21-15-10-16-22-35)45-54(7,38(62)25-39-55(45,29-70-39)75-32(3)61)46(64)43(71-31(2)60)41(30)52(56,4)5/h8-22,36-39,42-45,47,62,69,76H,23-27,29H2,1-7H3,(H2,58,65)(H,59,66)/t36?,37-,38-,39+,42-,43+,44+,45-,47-,53?,54+,55-,56+/m0/s1. The van der Waals surface area contributed by atoms with Crippen molar-refractivity contribution >= 4 is 60.1 Å². The molecule has 404 valence electrons. The largest absolute Gasteiger partial charge is 0.455 e. The summed E-state index contributed by atoms with van der Waals surface area (Å²) in [6, 6.07) is 24.2. The number of thiol groups is 1. The predicted octanol–water partition coefficient (Wildman–Crippen LogP) is 4.63. The molecule has 3 aromatic rings. The van der Waals surface area contributed by atoms with Gasteiger partial charge < -0.3 is 49.7 Å². The number of rotatable bonds is 17. The number of nitriles is 1. The first-order chi connectivity index (χ1) is 35.8. The van der Waals surface area contributed by atoms with Crippen molar-refractivity contribution in [1.29, 1.82) is 5.26 Å². The normalized spacial score (nSPS) is 29.2. The number of benzene rings is 3. The highest BCUT2D eigenvalue weighted by Gasteiger charge is 2.78. The first kappa shape index (κ1) is 56.8. The molecule has 76 heavy (non-hydrogen) atoms. The summed E-state index contributed by atoms with van der Waals surface area (Å²) in [4.78, 5) is 113. The van der Waals surface area contributed by atoms with Gasteiger partial charge >= 0.3 is 29.8 Å². The Labute approximate surface area is 445 Å². The minimum Gasteiger partial charge on any atom is -0.455 e. The van der Waals surface area contributed by atoms with Gasteiger partial charge in [-0.15, -0.1) is 0 Å². The van der Waals surface area contributed by atoms with Crippen molar-refractivity contribution in [3.05, 3.63) is 119 Å². The average Bonchev–Trinajstić information content (AvgIpc) is 3.49. The molecule has 3 aromatic carbocycles. The summed E-state index contributed by atoms with van der Waals surface area (Å²) in [5.41, 5.74) is -3.78. The lowest BCUT2D eigenvalue weighted by atomic mass is 9.44. The number of ether oxygens (including phenoxy) is 6. The van der Waals surface area contributed by atoms with E-state index in [2.05, 4.69) is 24.0 Å². The minimum atomic E-state index is -2.52. The van der Waals surface area contributed by atoms with E-state index < -0.39 is 142 Å². The van der Waals surface area contributed by atoms with Crippen LogP contribution in [0.3, 0.4) is 0 Å². The number of hydrogen-bond donors (Lipinski definition) is 5. The van der Waals surface area contributed by atoms with Gasteiger partial charge in [0.25, 0.3) is 5.91 Å². The van der Waals surface area contributed by atoms with Crippen LogP contribution in [-0.4, -0.2) is 118 Å². The zero-order valence-corrected chi connectivity index (χ0v) is 44.1. The number of hydrogen-bond acceptors (Lipinski definition) is 18. The average molecular weight is 1070 g/mol. The van der Waals surface area contributed by atoms with Gasteiger partial charge in [0.2, 0.25) is 12.0 Å². The number of aliphatic hydroxyl groups is 2. The fourth-order valence-corrected chi connectivity index (χ4v) is 12.3. The summed E-state index contributed by atoms with van der Waals surface area (Å²) in [6.45, 7) is 9.12. The van der Waals surface area contributed by atoms with Crippen LogP contribution >= 0.6 is 12.6 Å². The number of esters is 5. The zero-order chi connectivity index (χ0) is 55.7. The van der Waals surface area contributed by atoms with Crippen LogP contribution in [-0.2, 0) is 57.2 Å². The minimum absolute atomic E-state index is 0.0156. The summed E-state index contributed by atoms with van der Waals surface area (Å²) in [5.74, 6) is -10.5. The maximum absolute atomic E-state index is 15.8. The van der Waals surface area contributed by atoms with Crippen molar-refractivity contribution < 1.29 is 77.0 Å². The summed E-state index contributed by atoms with van der Waals surface area (Å²) in [7, 11) is 0. The third kappa shape index (κ3) is 10.2. The van der Waals surface area contributed by atoms with Gasteiger partial charge in [0.05, 0.1) is 47.0 Å². The molecule has 1 saturated heterocycles. The number of nitrogens with two attached hydrogens (primary N) is 1. The number of primary amides is 1. The number of aliphatic hydroxyl groups excluding tert-OH is 1. The molecule has 2 saturated carbocycles. The molecule has 19 nitrogen and oxygen atoms in total. The van der Waals surface area contributed by atoms with Crippen LogP contribution in [0.4, 0.5) is 0 Å². The van der Waals surface area contributed by atoms with E-state index in [9.17, 15) is 44.2 Å². The Balaban J connectivity index is 1.41. The summed E-state index contributed by atoms with van der Waals surface area (Å²) in [6.07, 6.45) is -12.1. The van der Waals surface area contributed by atoms with Gasteiger partial charge in [0.15, 0.2) is 17.5 Å². The second-order valence-electron chi connectivity index (χ2n) is 21.0. The van der Waals surface area contributed by atoms with Gasteiger partial charge in [-0.3, -0.25) is 28.8 Å². The molecule has 7 rings (SSSR count). The number of Topliss-reactive ketones (excluding diaryl/α,β-unsaturated/α-hetero) is 1.